The van der Waals surface area contributed by atoms with Crippen LogP contribution in [0.2, 0.25) is 0 Å². The molecular formula is C20H19F2N5O2. The van der Waals surface area contributed by atoms with Crippen molar-refractivity contribution in [3.63, 3.8) is 0 Å². The van der Waals surface area contributed by atoms with Crippen molar-refractivity contribution >= 4 is 18.1 Å². The zero-order valence-electron chi connectivity index (χ0n) is 15.5. The van der Waals surface area contributed by atoms with Crippen LogP contribution in [0.1, 0.15) is 34.3 Å². The minimum atomic E-state index is -1.80. The van der Waals surface area contributed by atoms with Crippen molar-refractivity contribution in [2.45, 2.75) is 18.4 Å². The Morgan fingerprint density at radius 3 is 2.62 bits per heavy atom. The number of carbonyl (C=O) groups excluding carboxylic acids is 1. The second kappa shape index (κ2) is 8.32. The van der Waals surface area contributed by atoms with E-state index in [0.29, 0.717) is 11.1 Å². The summed E-state index contributed by atoms with van der Waals surface area (Å²) in [6.45, 7) is 1.54. The van der Waals surface area contributed by atoms with Crippen LogP contribution in [0, 0.1) is 11.6 Å². The number of hydrogen-bond acceptors (Lipinski definition) is 6. The third kappa shape index (κ3) is 4.22. The Balaban J connectivity index is 2.02. The molecule has 0 saturated heterocycles. The average Bonchev–Trinajstić information content (AvgIpc) is 2.73. The molecule has 0 radical (unpaired) electrons. The van der Waals surface area contributed by atoms with E-state index in [2.05, 4.69) is 16.0 Å². The number of nitrogens with zero attached hydrogens (tertiary/aromatic N) is 3. The Morgan fingerprint density at radius 1 is 1.31 bits per heavy atom. The first-order valence-corrected chi connectivity index (χ1v) is 8.72. The van der Waals surface area contributed by atoms with Crippen molar-refractivity contribution < 1.29 is 18.7 Å². The lowest BCUT2D eigenvalue weighted by Gasteiger charge is -2.37. The molecule has 0 fully saturated rings. The summed E-state index contributed by atoms with van der Waals surface area (Å²) in [7, 11) is 0. The monoisotopic (exact) mass is 399 g/mol. The molecule has 1 heterocycles. The molecule has 1 amide bonds. The van der Waals surface area contributed by atoms with Gasteiger partial charge in [0.25, 0.3) is 5.91 Å². The quantitative estimate of drug-likeness (QED) is 0.393. The van der Waals surface area contributed by atoms with Gasteiger partial charge in [0.15, 0.2) is 0 Å². The maximum absolute atomic E-state index is 14.6. The summed E-state index contributed by atoms with van der Waals surface area (Å²) in [5.41, 5.74) is 1.10. The van der Waals surface area contributed by atoms with Crippen LogP contribution < -0.4 is 11.3 Å². The van der Waals surface area contributed by atoms with Crippen LogP contribution in [0.3, 0.4) is 0 Å². The van der Waals surface area contributed by atoms with Gasteiger partial charge in [-0.15, -0.1) is 5.10 Å². The Morgan fingerprint density at radius 2 is 2.03 bits per heavy atom. The van der Waals surface area contributed by atoms with Crippen LogP contribution in [0.4, 0.5) is 8.78 Å². The van der Waals surface area contributed by atoms with Gasteiger partial charge >= 0.3 is 0 Å². The molecule has 2 aromatic rings. The number of β-amino-alcohol motifs (C(OH)–C–C–N with tert-alkyl or cyclic N) is 1. The SMILES string of the molecule is CC(c1ccc(C(=O)NN)cc1)C(O)(CN1C=NC=C=N1)c1ccc(F)cc1F. The molecule has 7 nitrogen and oxygen atoms in total. The van der Waals surface area contributed by atoms with Crippen LogP contribution in [0.25, 0.3) is 0 Å². The Kier molecular flexibility index (Phi) is 5.84. The largest absolute Gasteiger partial charge is 0.382 e. The van der Waals surface area contributed by atoms with E-state index >= 15 is 0 Å². The second-order valence-electron chi connectivity index (χ2n) is 6.59. The van der Waals surface area contributed by atoms with E-state index < -0.39 is 29.1 Å². The number of carbonyl (C=O) groups is 1. The van der Waals surface area contributed by atoms with Gasteiger partial charge < -0.3 is 5.11 Å². The number of halogens is 2. The Labute approximate surface area is 165 Å². The van der Waals surface area contributed by atoms with Gasteiger partial charge in [0.2, 0.25) is 0 Å². The molecule has 0 saturated carbocycles. The van der Waals surface area contributed by atoms with Crippen molar-refractivity contribution in [3.8, 4) is 0 Å². The van der Waals surface area contributed by atoms with Gasteiger partial charge in [0, 0.05) is 29.0 Å². The topological polar surface area (TPSA) is 103 Å². The number of hydrazone groups is 1. The average molecular weight is 399 g/mol. The second-order valence-corrected chi connectivity index (χ2v) is 6.59. The summed E-state index contributed by atoms with van der Waals surface area (Å²) in [5, 5.41) is 16.9. The highest BCUT2D eigenvalue weighted by Gasteiger charge is 2.40. The zero-order chi connectivity index (χ0) is 21.0. The van der Waals surface area contributed by atoms with Gasteiger partial charge in [0.05, 0.1) is 12.7 Å². The number of nitrogen functional groups attached to an aromatic ring is 1. The van der Waals surface area contributed by atoms with E-state index in [1.165, 1.54) is 23.6 Å². The third-order valence-corrected chi connectivity index (χ3v) is 4.84. The smallest absolute Gasteiger partial charge is 0.265 e. The molecule has 150 valence electrons. The highest BCUT2D eigenvalue weighted by molar-refractivity contribution is 5.93. The van der Waals surface area contributed by atoms with Crippen molar-refractivity contribution in [1.82, 2.24) is 10.4 Å². The summed E-state index contributed by atoms with van der Waals surface area (Å²) >= 11 is 0. The summed E-state index contributed by atoms with van der Waals surface area (Å²) < 4.78 is 28.1. The maximum Gasteiger partial charge on any atom is 0.265 e. The number of benzene rings is 2. The molecule has 3 rings (SSSR count). The molecule has 9 heteroatoms. The minimum Gasteiger partial charge on any atom is -0.382 e. The van der Waals surface area contributed by atoms with Crippen molar-refractivity contribution in [1.29, 1.82) is 0 Å². The van der Waals surface area contributed by atoms with E-state index in [0.717, 1.165) is 12.1 Å². The Bertz CT molecular complexity index is 1000. The van der Waals surface area contributed by atoms with E-state index in [1.807, 2.05) is 5.43 Å². The van der Waals surface area contributed by atoms with Gasteiger partial charge in [0.1, 0.15) is 23.6 Å². The summed E-state index contributed by atoms with van der Waals surface area (Å²) in [6.07, 6.45) is 2.71. The fourth-order valence-electron chi connectivity index (χ4n) is 3.17. The van der Waals surface area contributed by atoms with Gasteiger partial charge in [-0.25, -0.2) is 24.6 Å². The lowest BCUT2D eigenvalue weighted by atomic mass is 9.77. The number of hydrazine groups is 1. The van der Waals surface area contributed by atoms with Crippen LogP contribution in [-0.4, -0.2) is 34.8 Å². The third-order valence-electron chi connectivity index (χ3n) is 4.84. The molecule has 4 N–H and O–H groups in total. The van der Waals surface area contributed by atoms with Crippen molar-refractivity contribution in [2.75, 3.05) is 6.54 Å². The lowest BCUT2D eigenvalue weighted by Crippen LogP contribution is -2.43. The Hall–Kier alpha value is -3.39. The summed E-state index contributed by atoms with van der Waals surface area (Å²) in [5.74, 6) is 4.92. The van der Waals surface area contributed by atoms with Gasteiger partial charge in [-0.2, -0.15) is 0 Å². The molecular weight excluding hydrogens is 380 g/mol. The summed E-state index contributed by atoms with van der Waals surface area (Å²) in [6, 6.07) is 9.35. The molecule has 0 aliphatic carbocycles. The van der Waals surface area contributed by atoms with Crippen molar-refractivity contribution in [2.24, 2.45) is 15.9 Å². The van der Waals surface area contributed by atoms with Crippen LogP contribution in [0.5, 0.6) is 0 Å². The number of nitrogens with two attached hydrogens (primary N) is 1. The maximum atomic E-state index is 14.6. The standard InChI is InChI=1S/C20H19F2N5O2/c1-13(14-2-4-15(5-3-14)19(28)26-23)20(29,11-27-12-24-8-9-25-27)17-7-6-16(21)10-18(17)22/h2-8,10,12-13,29H,11,23H2,1H3,(H,26,28). The lowest BCUT2D eigenvalue weighted by molar-refractivity contribution is -0.00832. The number of aliphatic hydroxyl groups is 1. The molecule has 0 bridgehead atoms. The van der Waals surface area contributed by atoms with E-state index in [9.17, 15) is 18.7 Å². The first-order chi connectivity index (χ1) is 13.8. The van der Waals surface area contributed by atoms with Crippen molar-refractivity contribution in [3.05, 3.63) is 77.0 Å². The molecule has 1 aliphatic heterocycles. The summed E-state index contributed by atoms with van der Waals surface area (Å²) in [4.78, 5) is 15.5. The normalized spacial score (nSPS) is 15.8. The van der Waals surface area contributed by atoms with E-state index in [1.54, 1.807) is 31.2 Å². The number of amides is 1. The first-order valence-electron chi connectivity index (χ1n) is 8.72. The molecule has 2 atom stereocenters. The molecule has 2 aromatic carbocycles. The number of nitrogens with one attached hydrogen (secondary N) is 1. The number of rotatable bonds is 6. The number of hydrogen-bond donors (Lipinski definition) is 3. The van der Waals surface area contributed by atoms with Gasteiger partial charge in [-0.3, -0.25) is 10.2 Å². The predicted octanol–water partition coefficient (Wildman–Crippen LogP) is 2.00. The fraction of sp³-hybridized carbons (Fsp3) is 0.200. The first kappa shape index (κ1) is 20.3. The van der Waals surface area contributed by atoms with Gasteiger partial charge in [-0.1, -0.05) is 25.1 Å². The van der Waals surface area contributed by atoms with Crippen LogP contribution >= 0.6 is 0 Å². The zero-order valence-corrected chi connectivity index (χ0v) is 15.5. The molecule has 29 heavy (non-hydrogen) atoms. The fourth-order valence-corrected chi connectivity index (χ4v) is 3.17. The van der Waals surface area contributed by atoms with E-state index in [4.69, 9.17) is 5.84 Å². The molecule has 1 aliphatic rings. The van der Waals surface area contributed by atoms with Gasteiger partial charge in [-0.05, 0) is 23.8 Å². The molecule has 2 unspecified atom stereocenters. The highest BCUT2D eigenvalue weighted by Crippen LogP contribution is 2.39. The molecule has 0 aromatic heterocycles. The van der Waals surface area contributed by atoms with Crippen LogP contribution in [0.15, 0.2) is 58.8 Å². The molecule has 0 spiro atoms. The minimum absolute atomic E-state index is 0.0895. The highest BCUT2D eigenvalue weighted by atomic mass is 19.1. The predicted molar refractivity (Wildman–Crippen MR) is 104 cm³/mol. The van der Waals surface area contributed by atoms with Crippen LogP contribution in [-0.2, 0) is 5.60 Å². The number of aliphatic imine (C=N–C) groups is 1. The van der Waals surface area contributed by atoms with E-state index in [-0.39, 0.29) is 12.1 Å².